The highest BCUT2D eigenvalue weighted by molar-refractivity contribution is 7.88. The molecule has 6 aromatic rings. The van der Waals surface area contributed by atoms with Crippen LogP contribution in [-0.2, 0) is 36.0 Å². The van der Waals surface area contributed by atoms with Gasteiger partial charge in [-0.25, -0.2) is 8.78 Å². The van der Waals surface area contributed by atoms with Crippen molar-refractivity contribution in [3.63, 3.8) is 0 Å². The van der Waals surface area contributed by atoms with Gasteiger partial charge < -0.3 is 0 Å². The van der Waals surface area contributed by atoms with E-state index in [1.54, 1.807) is 22.1 Å². The quantitative estimate of drug-likeness (QED) is 0.105. The van der Waals surface area contributed by atoms with Crippen LogP contribution >= 0.6 is 22.7 Å². The Bertz CT molecular complexity index is 2470. The summed E-state index contributed by atoms with van der Waals surface area (Å²) < 4.78 is 68.5. The minimum Gasteiger partial charge on any atom is -0.281 e. The zero-order chi connectivity index (χ0) is 35.4. The predicted molar refractivity (Wildman–Crippen MR) is 199 cm³/mol. The Hall–Kier alpha value is -4.49. The number of thiophene rings is 2. The average molecular weight is 741 g/mol. The Morgan fingerprint density at radius 1 is 0.784 bits per heavy atom. The molecular weight excluding hydrogens is 707 g/mol. The van der Waals surface area contributed by atoms with Crippen LogP contribution < -0.4 is 0 Å². The fraction of sp³-hybridized carbons (Fsp3) is 0.231. The zero-order valence-corrected chi connectivity index (χ0v) is 30.4. The Morgan fingerprint density at radius 3 is 1.82 bits per heavy atom. The monoisotopic (exact) mass is 740 g/mol. The molecule has 0 saturated carbocycles. The second-order valence-corrected chi connectivity index (χ2v) is 16.9. The van der Waals surface area contributed by atoms with Gasteiger partial charge in [0.2, 0.25) is 0 Å². The molecule has 0 radical (unpaired) electrons. The molecule has 0 bridgehead atoms. The van der Waals surface area contributed by atoms with Gasteiger partial charge in [0.15, 0.2) is 0 Å². The summed E-state index contributed by atoms with van der Waals surface area (Å²) in [6, 6.07) is 19.8. The van der Waals surface area contributed by atoms with Crippen LogP contribution in [-0.4, -0.2) is 32.5 Å². The largest absolute Gasteiger partial charge is 0.304 e. The first-order valence-electron chi connectivity index (χ1n) is 16.7. The summed E-state index contributed by atoms with van der Waals surface area (Å²) >= 11 is 2.67. The van der Waals surface area contributed by atoms with Gasteiger partial charge in [-0.2, -0.15) is 18.6 Å². The summed E-state index contributed by atoms with van der Waals surface area (Å²) in [7, 11) is -4.37. The van der Waals surface area contributed by atoms with Crippen LogP contribution in [0.1, 0.15) is 73.8 Å². The molecule has 0 unspecified atom stereocenters. The molecule has 0 aliphatic heterocycles. The number of aromatic nitrogens is 4. The van der Waals surface area contributed by atoms with Crippen molar-refractivity contribution >= 4 is 44.4 Å². The Morgan fingerprint density at radius 2 is 1.29 bits per heavy atom. The smallest absolute Gasteiger partial charge is 0.281 e. The summed E-state index contributed by atoms with van der Waals surface area (Å²) in [4.78, 5) is 1.96. The molecule has 4 heterocycles. The molecular formula is C39H34F2N4O3S3. The summed E-state index contributed by atoms with van der Waals surface area (Å²) in [5, 5.41) is 11.5. The Kier molecular flexibility index (Phi) is 8.74. The van der Waals surface area contributed by atoms with Crippen molar-refractivity contribution in [3.05, 3.63) is 133 Å². The average Bonchev–Trinajstić information content (AvgIpc) is 3.92. The number of hydrogen-bond donors (Lipinski definition) is 1. The van der Waals surface area contributed by atoms with E-state index in [4.69, 9.17) is 5.10 Å². The van der Waals surface area contributed by atoms with Gasteiger partial charge >= 0.3 is 10.1 Å². The highest BCUT2D eigenvalue weighted by atomic mass is 32.3. The maximum atomic E-state index is 15.8. The molecule has 4 aromatic heterocycles. The van der Waals surface area contributed by atoms with Gasteiger partial charge in [0.05, 0.1) is 24.5 Å². The topological polar surface area (TPSA) is 90.0 Å². The van der Waals surface area contributed by atoms with Gasteiger partial charge in [0.1, 0.15) is 27.3 Å². The molecule has 7 nitrogen and oxygen atoms in total. The zero-order valence-electron chi connectivity index (χ0n) is 28.0. The van der Waals surface area contributed by atoms with Crippen molar-refractivity contribution in [2.45, 2.75) is 63.3 Å². The van der Waals surface area contributed by atoms with E-state index in [-0.39, 0.29) is 15.7 Å². The van der Waals surface area contributed by atoms with Crippen molar-refractivity contribution in [3.8, 4) is 22.5 Å². The summed E-state index contributed by atoms with van der Waals surface area (Å²) in [5.74, 6) is -0.834. The van der Waals surface area contributed by atoms with Crippen molar-refractivity contribution in [2.75, 3.05) is 0 Å². The number of rotatable bonds is 11. The van der Waals surface area contributed by atoms with Crippen LogP contribution in [0.3, 0.4) is 0 Å². The number of aryl methyl sites for hydroxylation is 2. The van der Waals surface area contributed by atoms with E-state index in [9.17, 15) is 13.0 Å². The van der Waals surface area contributed by atoms with E-state index in [1.165, 1.54) is 22.6 Å². The molecule has 0 fully saturated rings. The molecule has 0 spiro atoms. The van der Waals surface area contributed by atoms with Gasteiger partial charge in [-0.15, -0.1) is 22.7 Å². The molecule has 8 rings (SSSR count). The van der Waals surface area contributed by atoms with Crippen molar-refractivity contribution in [1.29, 1.82) is 0 Å². The third-order valence-electron chi connectivity index (χ3n) is 9.49. The molecule has 2 aliphatic carbocycles. The molecule has 0 amide bonds. The third kappa shape index (κ3) is 6.46. The first kappa shape index (κ1) is 33.6. The minimum atomic E-state index is -4.37. The van der Waals surface area contributed by atoms with E-state index < -0.39 is 15.9 Å². The van der Waals surface area contributed by atoms with Gasteiger partial charge in [-0.3, -0.25) is 13.9 Å². The van der Waals surface area contributed by atoms with Crippen molar-refractivity contribution in [1.82, 2.24) is 19.6 Å². The fourth-order valence-corrected chi connectivity index (χ4v) is 9.70. The number of benzene rings is 2. The number of fused-ring (bicyclic) bond motifs is 6. The molecule has 0 saturated heterocycles. The van der Waals surface area contributed by atoms with Crippen LogP contribution in [0.5, 0.6) is 0 Å². The second kappa shape index (κ2) is 13.2. The predicted octanol–water partition coefficient (Wildman–Crippen LogP) is 9.80. The number of allylic oxidation sites excluding steroid dienone is 2. The van der Waals surface area contributed by atoms with E-state index in [2.05, 4.69) is 40.8 Å². The van der Waals surface area contributed by atoms with Crippen LogP contribution in [0.2, 0.25) is 0 Å². The van der Waals surface area contributed by atoms with Crippen LogP contribution in [0.4, 0.5) is 8.78 Å². The maximum Gasteiger partial charge on any atom is 0.304 e. The number of hydrogen-bond acceptors (Lipinski definition) is 6. The maximum absolute atomic E-state index is 15.8. The van der Waals surface area contributed by atoms with Gasteiger partial charge in [-0.05, 0) is 73.9 Å². The summed E-state index contributed by atoms with van der Waals surface area (Å²) in [6.45, 7) is 4.97. The van der Waals surface area contributed by atoms with Gasteiger partial charge in [-0.1, -0.05) is 59.7 Å². The van der Waals surface area contributed by atoms with Gasteiger partial charge in [0.25, 0.3) is 0 Å². The lowest BCUT2D eigenvalue weighted by atomic mass is 10.1. The van der Waals surface area contributed by atoms with E-state index in [1.807, 2.05) is 42.8 Å². The molecule has 0 atom stereocenters. The first-order chi connectivity index (χ1) is 24.5. The van der Waals surface area contributed by atoms with E-state index in [0.717, 1.165) is 49.7 Å². The molecule has 51 heavy (non-hydrogen) atoms. The minimum absolute atomic E-state index is 0.141. The van der Waals surface area contributed by atoms with E-state index >= 15 is 8.78 Å². The standard InChI is InChI=1S/C39H34F2N4O3S3/c1-23-8-12-25(13-9-23)21-44-38-27-16-17-49-33(27)18-29(38)36(42-44)31(40)6-4-3-5-7-32(41)37-30-19-34-28(20-35(50-34)51(46,47)48)39(30)45(43-37)22-26-14-10-24(2)11-15-26/h6-17,20H,3-5,18-19,21-22H2,1-2H3,(H,46,47,48). The summed E-state index contributed by atoms with van der Waals surface area (Å²) in [6.07, 6.45) is 5.33. The van der Waals surface area contributed by atoms with E-state index in [0.29, 0.717) is 67.7 Å². The lowest BCUT2D eigenvalue weighted by Crippen LogP contribution is -2.04. The van der Waals surface area contributed by atoms with Crippen LogP contribution in [0.15, 0.2) is 82.4 Å². The lowest BCUT2D eigenvalue weighted by Gasteiger charge is -2.07. The number of unbranched alkanes of at least 4 members (excludes halogenated alkanes) is 2. The normalized spacial score (nSPS) is 13.8. The number of nitrogens with zero attached hydrogens (tertiary/aromatic N) is 4. The van der Waals surface area contributed by atoms with Crippen LogP contribution in [0, 0.1) is 13.8 Å². The molecule has 2 aromatic carbocycles. The fourth-order valence-electron chi connectivity index (χ4n) is 6.92. The van der Waals surface area contributed by atoms with Crippen LogP contribution in [0.25, 0.3) is 34.2 Å². The first-order valence-corrected chi connectivity index (χ1v) is 19.9. The lowest BCUT2D eigenvalue weighted by molar-refractivity contribution is 0.485. The van der Waals surface area contributed by atoms with Gasteiger partial charge in [0, 0.05) is 44.8 Å². The highest BCUT2D eigenvalue weighted by Gasteiger charge is 2.33. The molecule has 2 aliphatic rings. The molecule has 1 N–H and O–H groups in total. The molecule has 260 valence electrons. The SMILES string of the molecule is Cc1ccc(Cn2nc(C(F)=CCCCC=C(F)c3nn(Cc4ccc(C)cc4)c4c3Cc3sc(S(=O)(=O)O)cc3-4)c3c2-c2ccsc2C3)cc1. The number of halogens is 2. The third-order valence-corrected chi connectivity index (χ3v) is 12.8. The Balaban J connectivity index is 1.00. The Labute approximate surface area is 303 Å². The highest BCUT2D eigenvalue weighted by Crippen LogP contribution is 2.46. The molecule has 12 heteroatoms. The van der Waals surface area contributed by atoms with Crippen molar-refractivity contribution in [2.24, 2.45) is 0 Å². The van der Waals surface area contributed by atoms with Crippen molar-refractivity contribution < 1.29 is 21.8 Å². The second-order valence-electron chi connectivity index (χ2n) is 13.2. The summed E-state index contributed by atoms with van der Waals surface area (Å²) in [5.41, 5.74) is 9.96.